The first kappa shape index (κ1) is 16.4. The minimum Gasteiger partial charge on any atom is -0.497 e. The van der Waals surface area contributed by atoms with Crippen LogP contribution in [0.4, 0.5) is 0 Å². The number of aromatic nitrogens is 2. The van der Waals surface area contributed by atoms with Crippen molar-refractivity contribution in [1.29, 1.82) is 0 Å². The molecule has 2 aromatic rings. The molecule has 7 nitrogen and oxygen atoms in total. The molecule has 0 saturated carbocycles. The Labute approximate surface area is 133 Å². The molecule has 0 aliphatic carbocycles. The van der Waals surface area contributed by atoms with E-state index in [4.69, 9.17) is 4.74 Å². The lowest BCUT2D eigenvalue weighted by Gasteiger charge is -2.30. The molecule has 0 radical (unpaired) electrons. The Hall–Kier alpha value is -2.96. The number of amides is 1. The molecule has 1 heterocycles. The summed E-state index contributed by atoms with van der Waals surface area (Å²) in [6.07, 6.45) is 3.89. The highest BCUT2D eigenvalue weighted by Crippen LogP contribution is 2.28. The average Bonchev–Trinajstić information content (AvgIpc) is 2.55. The van der Waals surface area contributed by atoms with Crippen LogP contribution in [-0.4, -0.2) is 34.1 Å². The number of nitrogens with zero attached hydrogens (tertiary/aromatic N) is 2. The second-order valence-electron chi connectivity index (χ2n) is 5.18. The van der Waals surface area contributed by atoms with Gasteiger partial charge < -0.3 is 15.2 Å². The molecular formula is C16H17N3O4. The van der Waals surface area contributed by atoms with Gasteiger partial charge in [0.25, 0.3) is 5.91 Å². The molecule has 1 amide bonds. The van der Waals surface area contributed by atoms with Gasteiger partial charge in [0.15, 0.2) is 0 Å². The lowest BCUT2D eigenvalue weighted by atomic mass is 9.88. The fraction of sp³-hybridized carbons (Fsp3) is 0.250. The van der Waals surface area contributed by atoms with E-state index in [-0.39, 0.29) is 12.1 Å². The number of methoxy groups -OCH3 is 1. The van der Waals surface area contributed by atoms with Gasteiger partial charge in [-0.1, -0.05) is 12.1 Å². The van der Waals surface area contributed by atoms with Crippen LogP contribution in [0, 0.1) is 0 Å². The zero-order chi connectivity index (χ0) is 16.9. The first-order valence-corrected chi connectivity index (χ1v) is 6.89. The Morgan fingerprint density at radius 2 is 2.13 bits per heavy atom. The summed E-state index contributed by atoms with van der Waals surface area (Å²) in [6.45, 7) is 1.64. The Morgan fingerprint density at radius 3 is 2.74 bits per heavy atom. The van der Waals surface area contributed by atoms with Crippen LogP contribution in [-0.2, 0) is 10.3 Å². The van der Waals surface area contributed by atoms with Crippen molar-refractivity contribution in [3.8, 4) is 5.75 Å². The summed E-state index contributed by atoms with van der Waals surface area (Å²) in [6, 6.07) is 6.92. The van der Waals surface area contributed by atoms with Crippen LogP contribution >= 0.6 is 0 Å². The van der Waals surface area contributed by atoms with E-state index >= 15 is 0 Å². The SMILES string of the molecule is COc1cccc(C(C)(CC(=O)O)NC(=O)c2cnccn2)c1. The molecule has 0 aliphatic rings. The third-order valence-corrected chi connectivity index (χ3v) is 3.40. The Morgan fingerprint density at radius 1 is 1.35 bits per heavy atom. The van der Waals surface area contributed by atoms with Crippen molar-refractivity contribution >= 4 is 11.9 Å². The predicted octanol–water partition coefficient (Wildman–Crippen LogP) is 1.61. The highest BCUT2D eigenvalue weighted by Gasteiger charge is 2.32. The molecule has 23 heavy (non-hydrogen) atoms. The van der Waals surface area contributed by atoms with E-state index in [1.807, 2.05) is 0 Å². The molecule has 120 valence electrons. The van der Waals surface area contributed by atoms with Crippen LogP contribution in [0.25, 0.3) is 0 Å². The second-order valence-corrected chi connectivity index (χ2v) is 5.18. The van der Waals surface area contributed by atoms with Crippen molar-refractivity contribution in [3.05, 3.63) is 54.1 Å². The van der Waals surface area contributed by atoms with Gasteiger partial charge in [-0.05, 0) is 24.6 Å². The van der Waals surface area contributed by atoms with Crippen LogP contribution in [0.5, 0.6) is 5.75 Å². The van der Waals surface area contributed by atoms with Gasteiger partial charge in [0.1, 0.15) is 11.4 Å². The molecule has 7 heteroatoms. The number of ether oxygens (including phenoxy) is 1. The topological polar surface area (TPSA) is 101 Å². The summed E-state index contributed by atoms with van der Waals surface area (Å²) in [5, 5.41) is 11.9. The van der Waals surface area contributed by atoms with Crippen LogP contribution in [0.15, 0.2) is 42.9 Å². The molecule has 2 rings (SSSR count). The van der Waals surface area contributed by atoms with E-state index in [9.17, 15) is 14.7 Å². The van der Waals surface area contributed by atoms with Crippen molar-refractivity contribution in [3.63, 3.8) is 0 Å². The second kappa shape index (κ2) is 6.87. The number of carboxylic acid groups (broad SMARTS) is 1. The van der Waals surface area contributed by atoms with Crippen molar-refractivity contribution in [1.82, 2.24) is 15.3 Å². The van der Waals surface area contributed by atoms with Gasteiger partial charge in [-0.2, -0.15) is 0 Å². The summed E-state index contributed by atoms with van der Waals surface area (Å²) in [4.78, 5) is 31.3. The highest BCUT2D eigenvalue weighted by atomic mass is 16.5. The van der Waals surface area contributed by atoms with E-state index in [2.05, 4.69) is 15.3 Å². The van der Waals surface area contributed by atoms with E-state index in [1.54, 1.807) is 31.2 Å². The van der Waals surface area contributed by atoms with Gasteiger partial charge in [-0.3, -0.25) is 14.6 Å². The van der Waals surface area contributed by atoms with E-state index in [1.165, 1.54) is 25.7 Å². The molecule has 0 spiro atoms. The summed E-state index contributed by atoms with van der Waals surface area (Å²) < 4.78 is 5.16. The normalized spacial score (nSPS) is 13.0. The van der Waals surface area contributed by atoms with E-state index in [0.717, 1.165) is 0 Å². The van der Waals surface area contributed by atoms with Crippen molar-refractivity contribution in [2.75, 3.05) is 7.11 Å². The summed E-state index contributed by atoms with van der Waals surface area (Å²) in [7, 11) is 1.52. The predicted molar refractivity (Wildman–Crippen MR) is 82.1 cm³/mol. The maximum Gasteiger partial charge on any atom is 0.306 e. The number of hydrogen-bond donors (Lipinski definition) is 2. The maximum atomic E-state index is 12.3. The van der Waals surface area contributed by atoms with Gasteiger partial charge >= 0.3 is 5.97 Å². The lowest BCUT2D eigenvalue weighted by Crippen LogP contribution is -2.45. The first-order valence-electron chi connectivity index (χ1n) is 6.89. The van der Waals surface area contributed by atoms with Gasteiger partial charge in [0.05, 0.1) is 25.3 Å². The number of carboxylic acids is 1. The number of hydrogen-bond acceptors (Lipinski definition) is 5. The fourth-order valence-corrected chi connectivity index (χ4v) is 2.22. The number of aliphatic carboxylic acids is 1. The Bertz CT molecular complexity index is 705. The molecule has 1 unspecified atom stereocenters. The summed E-state index contributed by atoms with van der Waals surface area (Å²) >= 11 is 0. The van der Waals surface area contributed by atoms with Crippen LogP contribution in [0.2, 0.25) is 0 Å². The lowest BCUT2D eigenvalue weighted by molar-refractivity contribution is -0.138. The minimum absolute atomic E-state index is 0.118. The first-order chi connectivity index (χ1) is 10.9. The molecule has 0 saturated heterocycles. The van der Waals surface area contributed by atoms with Gasteiger partial charge in [0, 0.05) is 12.4 Å². The van der Waals surface area contributed by atoms with Crippen molar-refractivity contribution < 1.29 is 19.4 Å². The maximum absolute atomic E-state index is 12.3. The number of carbonyl (C=O) groups excluding carboxylic acids is 1. The number of rotatable bonds is 6. The number of carbonyl (C=O) groups is 2. The van der Waals surface area contributed by atoms with Crippen molar-refractivity contribution in [2.24, 2.45) is 0 Å². The number of nitrogens with one attached hydrogen (secondary N) is 1. The zero-order valence-corrected chi connectivity index (χ0v) is 12.8. The minimum atomic E-state index is -1.12. The molecule has 0 aliphatic heterocycles. The van der Waals surface area contributed by atoms with Crippen molar-refractivity contribution in [2.45, 2.75) is 18.9 Å². The molecule has 1 atom stereocenters. The van der Waals surface area contributed by atoms with Crippen LogP contribution in [0.3, 0.4) is 0 Å². The molecule has 0 fully saturated rings. The van der Waals surface area contributed by atoms with E-state index in [0.29, 0.717) is 11.3 Å². The summed E-state index contributed by atoms with van der Waals surface area (Å²) in [5.74, 6) is -0.952. The van der Waals surface area contributed by atoms with Crippen LogP contribution < -0.4 is 10.1 Å². The zero-order valence-electron chi connectivity index (χ0n) is 12.8. The third kappa shape index (κ3) is 4.03. The highest BCUT2D eigenvalue weighted by molar-refractivity contribution is 5.92. The molecule has 1 aromatic carbocycles. The van der Waals surface area contributed by atoms with E-state index < -0.39 is 17.4 Å². The summed E-state index contributed by atoms with van der Waals surface area (Å²) in [5.41, 5.74) is -0.377. The van der Waals surface area contributed by atoms with Gasteiger partial charge in [-0.15, -0.1) is 0 Å². The standard InChI is InChI=1S/C16H17N3O4/c1-16(9-14(20)21,11-4-3-5-12(8-11)23-2)19-15(22)13-10-17-6-7-18-13/h3-8,10H,9H2,1-2H3,(H,19,22)(H,20,21). The van der Waals surface area contributed by atoms with Crippen LogP contribution in [0.1, 0.15) is 29.4 Å². The molecule has 0 bridgehead atoms. The Balaban J connectivity index is 2.35. The van der Waals surface area contributed by atoms with Gasteiger partial charge in [-0.25, -0.2) is 4.98 Å². The molecular weight excluding hydrogens is 298 g/mol. The van der Waals surface area contributed by atoms with Gasteiger partial charge in [0.2, 0.25) is 0 Å². The smallest absolute Gasteiger partial charge is 0.306 e. The monoisotopic (exact) mass is 315 g/mol. The molecule has 2 N–H and O–H groups in total. The largest absolute Gasteiger partial charge is 0.497 e. The number of benzene rings is 1. The fourth-order valence-electron chi connectivity index (χ4n) is 2.22. The molecule has 1 aromatic heterocycles. The Kier molecular flexibility index (Phi) is 4.90. The average molecular weight is 315 g/mol. The quantitative estimate of drug-likeness (QED) is 0.839. The third-order valence-electron chi connectivity index (χ3n) is 3.40.